The Morgan fingerprint density at radius 3 is 2.24 bits per heavy atom. The van der Waals surface area contributed by atoms with Crippen molar-refractivity contribution in [2.24, 2.45) is 4.99 Å². The monoisotopic (exact) mass is 607 g/mol. The molecule has 0 radical (unpaired) electrons. The SMILES string of the molecule is N#Cc1ccccc1C1=NC(c2cccc3oc4c(-c5ccccc5)cc(-c5ccccc5)cc4c23)Nc2c1sc1ccccc21. The van der Waals surface area contributed by atoms with Gasteiger partial charge in [0.15, 0.2) is 0 Å². The van der Waals surface area contributed by atoms with E-state index in [1.54, 1.807) is 11.3 Å². The number of benzene rings is 6. The molecule has 0 fully saturated rings. The van der Waals surface area contributed by atoms with Gasteiger partial charge in [0, 0.05) is 37.5 Å². The first-order valence-electron chi connectivity index (χ1n) is 15.2. The third-order valence-electron chi connectivity index (χ3n) is 8.77. The van der Waals surface area contributed by atoms with Crippen molar-refractivity contribution in [2.75, 3.05) is 5.32 Å². The number of hydrogen-bond acceptors (Lipinski definition) is 5. The van der Waals surface area contributed by atoms with Crippen molar-refractivity contribution in [1.29, 1.82) is 5.26 Å². The molecule has 2 aromatic heterocycles. The maximum absolute atomic E-state index is 10.1. The molecule has 216 valence electrons. The van der Waals surface area contributed by atoms with Crippen molar-refractivity contribution in [1.82, 2.24) is 0 Å². The van der Waals surface area contributed by atoms with Crippen LogP contribution in [0, 0.1) is 11.3 Å². The minimum Gasteiger partial charge on any atom is -0.455 e. The minimum absolute atomic E-state index is 0.405. The topological polar surface area (TPSA) is 61.3 Å². The molecule has 5 heteroatoms. The van der Waals surface area contributed by atoms with Crippen molar-refractivity contribution in [3.63, 3.8) is 0 Å². The van der Waals surface area contributed by atoms with E-state index in [1.807, 2.05) is 48.5 Å². The number of furan rings is 1. The predicted octanol–water partition coefficient (Wildman–Crippen LogP) is 11.0. The van der Waals surface area contributed by atoms with Crippen LogP contribution in [-0.2, 0) is 0 Å². The Hall–Kier alpha value is -5.96. The van der Waals surface area contributed by atoms with Crippen LogP contribution in [0.4, 0.5) is 5.69 Å². The van der Waals surface area contributed by atoms with Gasteiger partial charge < -0.3 is 9.73 Å². The molecule has 1 atom stereocenters. The Balaban J connectivity index is 1.33. The number of aliphatic imine (C=N–C) groups is 1. The van der Waals surface area contributed by atoms with Gasteiger partial charge in [-0.1, -0.05) is 109 Å². The van der Waals surface area contributed by atoms with E-state index >= 15 is 0 Å². The quantitative estimate of drug-likeness (QED) is 0.216. The smallest absolute Gasteiger partial charge is 0.146 e. The largest absolute Gasteiger partial charge is 0.455 e. The number of thiophene rings is 1. The second kappa shape index (κ2) is 10.6. The number of anilines is 1. The van der Waals surface area contributed by atoms with Crippen molar-refractivity contribution in [3.8, 4) is 28.3 Å². The van der Waals surface area contributed by atoms with Crippen LogP contribution in [0.25, 0.3) is 54.3 Å². The first-order valence-corrected chi connectivity index (χ1v) is 16.0. The van der Waals surface area contributed by atoms with Gasteiger partial charge >= 0.3 is 0 Å². The molecule has 0 bridgehead atoms. The Labute approximate surface area is 269 Å². The molecular formula is C41H25N3OS. The predicted molar refractivity (Wildman–Crippen MR) is 190 cm³/mol. The van der Waals surface area contributed by atoms with Gasteiger partial charge in [-0.3, -0.25) is 4.99 Å². The second-order valence-electron chi connectivity index (χ2n) is 11.4. The van der Waals surface area contributed by atoms with Crippen LogP contribution in [0.1, 0.15) is 27.7 Å². The highest BCUT2D eigenvalue weighted by molar-refractivity contribution is 7.22. The number of nitrogens with one attached hydrogen (secondary N) is 1. The van der Waals surface area contributed by atoms with Crippen LogP contribution in [0.2, 0.25) is 0 Å². The summed E-state index contributed by atoms with van der Waals surface area (Å²) >= 11 is 1.70. The molecule has 0 amide bonds. The molecule has 4 nitrogen and oxygen atoms in total. The lowest BCUT2D eigenvalue weighted by molar-refractivity contribution is 0.669. The van der Waals surface area contributed by atoms with Crippen LogP contribution in [0.15, 0.2) is 149 Å². The highest BCUT2D eigenvalue weighted by Gasteiger charge is 2.30. The zero-order valence-electron chi connectivity index (χ0n) is 24.6. The van der Waals surface area contributed by atoms with E-state index in [1.165, 1.54) is 4.70 Å². The lowest BCUT2D eigenvalue weighted by Crippen LogP contribution is -2.20. The Morgan fingerprint density at radius 2 is 1.41 bits per heavy atom. The molecule has 0 saturated carbocycles. The zero-order chi connectivity index (χ0) is 30.6. The van der Waals surface area contributed by atoms with E-state index in [0.717, 1.165) is 77.0 Å². The third-order valence-corrected chi connectivity index (χ3v) is 9.95. The van der Waals surface area contributed by atoms with E-state index in [9.17, 15) is 5.26 Å². The molecular weight excluding hydrogens is 583 g/mol. The summed E-state index contributed by atoms with van der Waals surface area (Å²) in [6.45, 7) is 0. The van der Waals surface area contributed by atoms with Crippen LogP contribution < -0.4 is 5.32 Å². The highest BCUT2D eigenvalue weighted by atomic mass is 32.1. The minimum atomic E-state index is -0.405. The molecule has 8 aromatic rings. The first kappa shape index (κ1) is 26.4. The fourth-order valence-corrected chi connectivity index (χ4v) is 7.83. The lowest BCUT2D eigenvalue weighted by atomic mass is 9.94. The molecule has 46 heavy (non-hydrogen) atoms. The van der Waals surface area contributed by atoms with Crippen LogP contribution in [-0.4, -0.2) is 5.71 Å². The van der Waals surface area contributed by atoms with Gasteiger partial charge in [0.25, 0.3) is 0 Å². The Morgan fingerprint density at radius 1 is 0.674 bits per heavy atom. The van der Waals surface area contributed by atoms with Crippen LogP contribution in [0.3, 0.4) is 0 Å². The van der Waals surface area contributed by atoms with E-state index in [4.69, 9.17) is 9.41 Å². The van der Waals surface area contributed by atoms with Gasteiger partial charge in [-0.05, 0) is 47.0 Å². The van der Waals surface area contributed by atoms with E-state index in [0.29, 0.717) is 5.56 Å². The summed E-state index contributed by atoms with van der Waals surface area (Å²) in [5.74, 6) is 0. The average molecular weight is 608 g/mol. The average Bonchev–Trinajstić information content (AvgIpc) is 3.70. The third kappa shape index (κ3) is 4.16. The molecule has 1 unspecified atom stereocenters. The molecule has 9 rings (SSSR count). The molecule has 0 spiro atoms. The zero-order valence-corrected chi connectivity index (χ0v) is 25.4. The van der Waals surface area contributed by atoms with Crippen LogP contribution >= 0.6 is 11.3 Å². The van der Waals surface area contributed by atoms with Crippen LogP contribution in [0.5, 0.6) is 0 Å². The summed E-state index contributed by atoms with van der Waals surface area (Å²) < 4.78 is 7.89. The summed E-state index contributed by atoms with van der Waals surface area (Å²) in [7, 11) is 0. The van der Waals surface area contributed by atoms with Gasteiger partial charge in [-0.25, -0.2) is 0 Å². The maximum Gasteiger partial charge on any atom is 0.146 e. The summed E-state index contributed by atoms with van der Waals surface area (Å²) in [6, 6.07) is 50.2. The number of rotatable bonds is 4. The van der Waals surface area contributed by atoms with Crippen molar-refractivity contribution in [2.45, 2.75) is 6.17 Å². The molecule has 3 heterocycles. The van der Waals surface area contributed by atoms with E-state index in [-0.39, 0.29) is 0 Å². The number of hydrogen-bond donors (Lipinski definition) is 1. The van der Waals surface area contributed by atoms with Gasteiger partial charge in [0.2, 0.25) is 0 Å². The fraction of sp³-hybridized carbons (Fsp3) is 0.0244. The first-order chi connectivity index (χ1) is 22.8. The molecule has 1 aliphatic rings. The van der Waals surface area contributed by atoms with E-state index in [2.05, 4.69) is 102 Å². The standard InChI is InChI=1S/C41H25N3OS/c42-24-27-16-7-8-17-29(27)37-40-38(30-18-9-10-21-35(30)46-40)44-41(43-37)31-19-11-20-34-36(31)33-23-28(25-12-3-1-4-13-25)22-32(39(33)45-34)26-14-5-2-6-15-26/h1-23,41,44H. The summed E-state index contributed by atoms with van der Waals surface area (Å²) in [5, 5.41) is 17.1. The molecule has 6 aromatic carbocycles. The Kier molecular flexibility index (Phi) is 6.09. The summed E-state index contributed by atoms with van der Waals surface area (Å²) in [6.07, 6.45) is -0.405. The highest BCUT2D eigenvalue weighted by Crippen LogP contribution is 2.46. The summed E-state index contributed by atoms with van der Waals surface area (Å²) in [4.78, 5) is 6.43. The second-order valence-corrected chi connectivity index (χ2v) is 12.5. The van der Waals surface area contributed by atoms with Gasteiger partial charge in [0.05, 0.1) is 27.9 Å². The molecule has 0 aliphatic carbocycles. The van der Waals surface area contributed by atoms with E-state index < -0.39 is 6.17 Å². The maximum atomic E-state index is 10.1. The number of nitrogens with zero attached hydrogens (tertiary/aromatic N) is 2. The summed E-state index contributed by atoms with van der Waals surface area (Å²) in [5.41, 5.74) is 10.4. The van der Waals surface area contributed by atoms with Crippen molar-refractivity contribution in [3.05, 3.63) is 161 Å². The van der Waals surface area contributed by atoms with Crippen molar-refractivity contribution < 1.29 is 4.42 Å². The number of fused-ring (bicyclic) bond motifs is 6. The van der Waals surface area contributed by atoms with Gasteiger partial charge in [-0.15, -0.1) is 11.3 Å². The molecule has 1 N–H and O–H groups in total. The normalized spacial score (nSPS) is 14.2. The molecule has 0 saturated heterocycles. The van der Waals surface area contributed by atoms with Gasteiger partial charge in [-0.2, -0.15) is 5.26 Å². The van der Waals surface area contributed by atoms with Gasteiger partial charge in [0.1, 0.15) is 17.3 Å². The molecule has 1 aliphatic heterocycles. The number of nitriles is 1. The Bertz CT molecular complexity index is 2520. The van der Waals surface area contributed by atoms with Crippen molar-refractivity contribution >= 4 is 54.8 Å². The fourth-order valence-electron chi connectivity index (χ4n) is 6.65. The lowest BCUT2D eigenvalue weighted by Gasteiger charge is -2.25.